The molecule has 0 unspecified atom stereocenters. The zero-order chi connectivity index (χ0) is 24.5. The molecule has 1 fully saturated rings. The molecule has 0 radical (unpaired) electrons. The van der Waals surface area contributed by atoms with Crippen LogP contribution in [-0.2, 0) is 19.7 Å². The number of hydrogen-bond donors (Lipinski definition) is 1. The minimum atomic E-state index is -4.15. The van der Waals surface area contributed by atoms with Gasteiger partial charge in [-0.25, -0.2) is 9.69 Å². The predicted octanol–water partition coefficient (Wildman–Crippen LogP) is 4.43. The van der Waals surface area contributed by atoms with Crippen molar-refractivity contribution in [3.8, 4) is 5.75 Å². The van der Waals surface area contributed by atoms with Crippen molar-refractivity contribution in [3.05, 3.63) is 94.0 Å². The van der Waals surface area contributed by atoms with Crippen molar-refractivity contribution in [1.29, 1.82) is 0 Å². The molecule has 1 N–H and O–H groups in total. The second-order valence-electron chi connectivity index (χ2n) is 7.00. The number of carbonyl (C=O) groups excluding carboxylic acids is 3. The molecule has 3 aromatic rings. The summed E-state index contributed by atoms with van der Waals surface area (Å²) in [6.45, 7) is 0. The van der Waals surface area contributed by atoms with Crippen molar-refractivity contribution in [3.63, 3.8) is 0 Å². The third kappa shape index (κ3) is 4.96. The minimum Gasteiger partial charge on any atom is -0.379 e. The Hall–Kier alpha value is -3.66. The molecule has 1 saturated heterocycles. The summed E-state index contributed by atoms with van der Waals surface area (Å²) in [4.78, 5) is 38.3. The highest BCUT2D eigenvalue weighted by molar-refractivity contribution is 7.87. The molecule has 4 rings (SSSR count). The number of imide groups is 2. The van der Waals surface area contributed by atoms with Gasteiger partial charge in [-0.15, -0.1) is 0 Å². The second kappa shape index (κ2) is 9.30. The average Bonchev–Trinajstić information content (AvgIpc) is 2.77. The van der Waals surface area contributed by atoms with E-state index in [1.807, 2.05) is 0 Å². The number of urea groups is 1. The Kier molecular flexibility index (Phi) is 6.43. The molecule has 0 aliphatic carbocycles. The van der Waals surface area contributed by atoms with Crippen LogP contribution in [0.5, 0.6) is 5.75 Å². The number of anilines is 1. The number of nitrogens with zero attached hydrogens (tertiary/aromatic N) is 1. The lowest BCUT2D eigenvalue weighted by molar-refractivity contribution is -0.122. The monoisotopic (exact) mass is 516 g/mol. The highest BCUT2D eigenvalue weighted by Crippen LogP contribution is 2.26. The molecular formula is C23H14Cl2N2O6S. The largest absolute Gasteiger partial charge is 0.379 e. The number of halogens is 2. The number of amides is 4. The topological polar surface area (TPSA) is 110 Å². The number of benzene rings is 3. The molecule has 3 aromatic carbocycles. The first-order valence-corrected chi connectivity index (χ1v) is 11.8. The Balaban J connectivity index is 1.64. The van der Waals surface area contributed by atoms with Crippen molar-refractivity contribution < 1.29 is 27.0 Å². The molecule has 34 heavy (non-hydrogen) atoms. The fraction of sp³-hybridized carbons (Fsp3) is 0. The summed E-state index contributed by atoms with van der Waals surface area (Å²) in [5, 5.41) is 2.77. The standard InChI is InChI=1S/C23H14Cl2N2O6S/c24-15-7-9-19(10-8-15)34(31,32)33-18-6-1-3-14(11-18)12-20-21(28)26-23(30)27(22(20)29)17-5-2-4-16(25)13-17/h1-13H,(H,26,28,30)/b20-12-. The second-order valence-corrected chi connectivity index (χ2v) is 9.42. The molecule has 0 saturated carbocycles. The molecular weight excluding hydrogens is 503 g/mol. The highest BCUT2D eigenvalue weighted by atomic mass is 35.5. The van der Waals surface area contributed by atoms with Gasteiger partial charge >= 0.3 is 16.1 Å². The normalized spacial score (nSPS) is 15.4. The van der Waals surface area contributed by atoms with Gasteiger partial charge in [-0.3, -0.25) is 14.9 Å². The van der Waals surface area contributed by atoms with E-state index in [-0.39, 0.29) is 21.9 Å². The van der Waals surface area contributed by atoms with Crippen molar-refractivity contribution in [1.82, 2.24) is 5.32 Å². The predicted molar refractivity (Wildman–Crippen MR) is 126 cm³/mol. The van der Waals surface area contributed by atoms with Crippen LogP contribution in [0, 0.1) is 0 Å². The van der Waals surface area contributed by atoms with Crippen LogP contribution in [-0.4, -0.2) is 26.3 Å². The SMILES string of the molecule is O=C1NC(=O)N(c2cccc(Cl)c2)C(=O)/C1=C\c1cccc(OS(=O)(=O)c2ccc(Cl)cc2)c1. The maximum Gasteiger partial charge on any atom is 0.339 e. The van der Waals surface area contributed by atoms with Crippen LogP contribution >= 0.6 is 23.2 Å². The van der Waals surface area contributed by atoms with Gasteiger partial charge in [-0.2, -0.15) is 8.42 Å². The average molecular weight is 517 g/mol. The van der Waals surface area contributed by atoms with Gasteiger partial charge in [0.2, 0.25) is 0 Å². The zero-order valence-corrected chi connectivity index (χ0v) is 19.4. The van der Waals surface area contributed by atoms with E-state index in [0.29, 0.717) is 15.6 Å². The molecule has 0 spiro atoms. The van der Waals surface area contributed by atoms with Gasteiger partial charge in [0, 0.05) is 10.0 Å². The Bertz CT molecular complexity index is 1450. The van der Waals surface area contributed by atoms with Crippen LogP contribution in [0.25, 0.3) is 6.08 Å². The van der Waals surface area contributed by atoms with Gasteiger partial charge in [0.25, 0.3) is 11.8 Å². The van der Waals surface area contributed by atoms with E-state index in [2.05, 4.69) is 5.32 Å². The molecule has 0 atom stereocenters. The van der Waals surface area contributed by atoms with E-state index in [1.54, 1.807) is 12.1 Å². The van der Waals surface area contributed by atoms with Crippen LogP contribution in [0.3, 0.4) is 0 Å². The smallest absolute Gasteiger partial charge is 0.339 e. The van der Waals surface area contributed by atoms with Crippen LogP contribution in [0.4, 0.5) is 10.5 Å². The Morgan fingerprint density at radius 2 is 1.56 bits per heavy atom. The first kappa shape index (κ1) is 23.5. The van der Waals surface area contributed by atoms with Gasteiger partial charge in [0.05, 0.1) is 5.69 Å². The third-order valence-corrected chi connectivity index (χ3v) is 6.39. The molecule has 11 heteroatoms. The maximum atomic E-state index is 13.0. The Labute approximate surface area is 204 Å². The summed E-state index contributed by atoms with van der Waals surface area (Å²) in [5.74, 6) is -1.81. The quantitative estimate of drug-likeness (QED) is 0.305. The van der Waals surface area contributed by atoms with Gasteiger partial charge < -0.3 is 4.18 Å². The molecule has 1 aliphatic rings. The van der Waals surface area contributed by atoms with E-state index >= 15 is 0 Å². The van der Waals surface area contributed by atoms with Gasteiger partial charge in [0.15, 0.2) is 0 Å². The molecule has 4 amide bonds. The molecule has 1 aliphatic heterocycles. The van der Waals surface area contributed by atoms with Crippen molar-refractivity contribution in [2.45, 2.75) is 4.90 Å². The first-order valence-electron chi connectivity index (χ1n) is 9.61. The summed E-state index contributed by atoms with van der Waals surface area (Å²) in [7, 11) is -4.15. The van der Waals surface area contributed by atoms with Crippen molar-refractivity contribution >= 4 is 62.9 Å². The van der Waals surface area contributed by atoms with Gasteiger partial charge in [-0.05, 0) is 66.2 Å². The lowest BCUT2D eigenvalue weighted by atomic mass is 10.1. The summed E-state index contributed by atoms with van der Waals surface area (Å²) in [6.07, 6.45) is 1.23. The Morgan fingerprint density at radius 3 is 2.26 bits per heavy atom. The highest BCUT2D eigenvalue weighted by Gasteiger charge is 2.36. The summed E-state index contributed by atoms with van der Waals surface area (Å²) in [6, 6.07) is 16.3. The molecule has 0 bridgehead atoms. The van der Waals surface area contributed by atoms with Crippen molar-refractivity contribution in [2.75, 3.05) is 4.90 Å². The van der Waals surface area contributed by atoms with Crippen LogP contribution < -0.4 is 14.4 Å². The Morgan fingerprint density at radius 1 is 0.853 bits per heavy atom. The van der Waals surface area contributed by atoms with E-state index in [9.17, 15) is 22.8 Å². The zero-order valence-electron chi connectivity index (χ0n) is 17.1. The van der Waals surface area contributed by atoms with E-state index in [1.165, 1.54) is 66.7 Å². The van der Waals surface area contributed by atoms with Gasteiger partial charge in [0.1, 0.15) is 16.2 Å². The van der Waals surface area contributed by atoms with E-state index in [4.69, 9.17) is 27.4 Å². The summed E-state index contributed by atoms with van der Waals surface area (Å²) >= 11 is 11.7. The lowest BCUT2D eigenvalue weighted by Crippen LogP contribution is -2.54. The number of hydrogen-bond acceptors (Lipinski definition) is 6. The van der Waals surface area contributed by atoms with E-state index in [0.717, 1.165) is 4.90 Å². The number of carbonyl (C=O) groups is 3. The number of rotatable bonds is 5. The molecule has 0 aromatic heterocycles. The summed E-state index contributed by atoms with van der Waals surface area (Å²) < 4.78 is 30.2. The third-order valence-electron chi connectivity index (χ3n) is 4.65. The lowest BCUT2D eigenvalue weighted by Gasteiger charge is -2.26. The van der Waals surface area contributed by atoms with Crippen LogP contribution in [0.1, 0.15) is 5.56 Å². The van der Waals surface area contributed by atoms with Gasteiger partial charge in [-0.1, -0.05) is 41.4 Å². The number of nitrogens with one attached hydrogen (secondary N) is 1. The van der Waals surface area contributed by atoms with Crippen molar-refractivity contribution in [2.24, 2.45) is 0 Å². The molecule has 8 nitrogen and oxygen atoms in total. The number of barbiturate groups is 1. The fourth-order valence-corrected chi connectivity index (χ4v) is 4.34. The van der Waals surface area contributed by atoms with Crippen LogP contribution in [0.2, 0.25) is 10.0 Å². The summed E-state index contributed by atoms with van der Waals surface area (Å²) in [5.41, 5.74) is 0.138. The molecule has 1 heterocycles. The fourth-order valence-electron chi connectivity index (χ4n) is 3.11. The molecule has 172 valence electrons. The minimum absolute atomic E-state index is 0.0456. The first-order chi connectivity index (χ1) is 16.1. The van der Waals surface area contributed by atoms with Crippen LogP contribution in [0.15, 0.2) is 83.3 Å². The maximum absolute atomic E-state index is 13.0. The van der Waals surface area contributed by atoms with E-state index < -0.39 is 28.0 Å².